The molecule has 5 nitrogen and oxygen atoms in total. The number of thiophene rings is 1. The first-order chi connectivity index (χ1) is 13.9. The Labute approximate surface area is 176 Å². The second-order valence-electron chi connectivity index (χ2n) is 6.35. The molecule has 0 radical (unpaired) electrons. The predicted molar refractivity (Wildman–Crippen MR) is 112 cm³/mol. The van der Waals surface area contributed by atoms with Crippen molar-refractivity contribution in [3.63, 3.8) is 0 Å². The third kappa shape index (κ3) is 5.56. The van der Waals surface area contributed by atoms with Gasteiger partial charge in [0, 0.05) is 9.90 Å². The molecular formula is C21H19ClFN3O2S. The molecule has 0 spiro atoms. The lowest BCUT2D eigenvalue weighted by Gasteiger charge is -2.22. The van der Waals surface area contributed by atoms with Gasteiger partial charge in [0.2, 0.25) is 5.91 Å². The van der Waals surface area contributed by atoms with Crippen LogP contribution in [-0.2, 0) is 4.79 Å². The SMILES string of the molecule is NC(=O)N[C@H](CC(=O)N[C@@H](c1ccc(F)cc1)c1cccs1)c1ccccc1Cl. The lowest BCUT2D eigenvalue weighted by molar-refractivity contribution is -0.122. The van der Waals surface area contributed by atoms with Crippen molar-refractivity contribution in [2.45, 2.75) is 18.5 Å². The van der Waals surface area contributed by atoms with E-state index in [-0.39, 0.29) is 18.1 Å². The number of carbonyl (C=O) groups excluding carboxylic acids is 2. The Morgan fingerprint density at radius 1 is 1.03 bits per heavy atom. The summed E-state index contributed by atoms with van der Waals surface area (Å²) in [6.07, 6.45) is -0.0598. The summed E-state index contributed by atoms with van der Waals surface area (Å²) in [4.78, 5) is 25.2. The van der Waals surface area contributed by atoms with Crippen molar-refractivity contribution >= 4 is 34.9 Å². The van der Waals surface area contributed by atoms with Crippen LogP contribution in [0.1, 0.15) is 34.5 Å². The first-order valence-electron chi connectivity index (χ1n) is 8.82. The number of primary amides is 1. The summed E-state index contributed by atoms with van der Waals surface area (Å²) in [5.74, 6) is -0.666. The fourth-order valence-electron chi connectivity index (χ4n) is 3.00. The van der Waals surface area contributed by atoms with Gasteiger partial charge in [0.1, 0.15) is 5.82 Å². The Morgan fingerprint density at radius 2 is 1.76 bits per heavy atom. The van der Waals surface area contributed by atoms with Gasteiger partial charge >= 0.3 is 6.03 Å². The second kappa shape index (κ2) is 9.54. The van der Waals surface area contributed by atoms with Gasteiger partial charge in [-0.05, 0) is 40.8 Å². The van der Waals surface area contributed by atoms with Crippen LogP contribution in [0.25, 0.3) is 0 Å². The smallest absolute Gasteiger partial charge is 0.312 e. The molecule has 8 heteroatoms. The molecule has 0 aliphatic rings. The molecule has 0 saturated heterocycles. The van der Waals surface area contributed by atoms with Crippen LogP contribution in [0.3, 0.4) is 0 Å². The fourth-order valence-corrected chi connectivity index (χ4v) is 4.07. The normalized spacial score (nSPS) is 12.8. The highest BCUT2D eigenvalue weighted by Crippen LogP contribution is 2.28. The molecule has 0 fully saturated rings. The Bertz CT molecular complexity index is 980. The van der Waals surface area contributed by atoms with Crippen LogP contribution < -0.4 is 16.4 Å². The van der Waals surface area contributed by atoms with E-state index in [1.165, 1.54) is 23.5 Å². The van der Waals surface area contributed by atoms with Gasteiger partial charge in [0.15, 0.2) is 0 Å². The number of urea groups is 1. The molecule has 29 heavy (non-hydrogen) atoms. The number of rotatable bonds is 7. The molecule has 0 aliphatic carbocycles. The number of halogens is 2. The summed E-state index contributed by atoms with van der Waals surface area (Å²) in [5, 5.41) is 7.86. The highest BCUT2D eigenvalue weighted by Gasteiger charge is 2.23. The van der Waals surface area contributed by atoms with Gasteiger partial charge < -0.3 is 16.4 Å². The summed E-state index contributed by atoms with van der Waals surface area (Å²) in [6, 6.07) is 14.8. The third-order valence-electron chi connectivity index (χ3n) is 4.32. The van der Waals surface area contributed by atoms with E-state index in [2.05, 4.69) is 10.6 Å². The average molecular weight is 432 g/mol. The molecule has 0 aliphatic heterocycles. The maximum atomic E-state index is 13.3. The van der Waals surface area contributed by atoms with Gasteiger partial charge in [0.05, 0.1) is 18.5 Å². The second-order valence-corrected chi connectivity index (χ2v) is 7.74. The molecule has 2 atom stereocenters. The standard InChI is InChI=1S/C21H19ClFN3O2S/c22-16-5-2-1-4-15(16)17(25-21(24)28)12-19(27)26-20(18-6-3-11-29-18)13-7-9-14(23)10-8-13/h1-11,17,20H,12H2,(H,26,27)(H3,24,25,28)/t17-,20+/m1/s1. The van der Waals surface area contributed by atoms with Crippen molar-refractivity contribution < 1.29 is 14.0 Å². The molecule has 1 aromatic heterocycles. The van der Waals surface area contributed by atoms with Crippen LogP contribution >= 0.6 is 22.9 Å². The summed E-state index contributed by atoms with van der Waals surface area (Å²) >= 11 is 7.71. The van der Waals surface area contributed by atoms with Gasteiger partial charge in [-0.3, -0.25) is 4.79 Å². The number of amides is 3. The van der Waals surface area contributed by atoms with Crippen molar-refractivity contribution in [3.8, 4) is 0 Å². The van der Waals surface area contributed by atoms with Crippen LogP contribution in [0.4, 0.5) is 9.18 Å². The van der Waals surface area contributed by atoms with Crippen LogP contribution in [0.5, 0.6) is 0 Å². The van der Waals surface area contributed by atoms with Gasteiger partial charge in [0.25, 0.3) is 0 Å². The first-order valence-corrected chi connectivity index (χ1v) is 10.1. The molecule has 2 aromatic carbocycles. The number of carbonyl (C=O) groups is 2. The summed E-state index contributed by atoms with van der Waals surface area (Å²) in [5.41, 5.74) is 6.63. The zero-order valence-electron chi connectivity index (χ0n) is 15.3. The molecule has 4 N–H and O–H groups in total. The van der Waals surface area contributed by atoms with Crippen LogP contribution in [0, 0.1) is 5.82 Å². The van der Waals surface area contributed by atoms with E-state index in [1.807, 2.05) is 17.5 Å². The molecule has 0 bridgehead atoms. The minimum Gasteiger partial charge on any atom is -0.352 e. The van der Waals surface area contributed by atoms with E-state index in [0.717, 1.165) is 10.4 Å². The van der Waals surface area contributed by atoms with E-state index in [0.29, 0.717) is 10.6 Å². The molecule has 3 aromatic rings. The van der Waals surface area contributed by atoms with Crippen molar-refractivity contribution in [1.82, 2.24) is 10.6 Å². The van der Waals surface area contributed by atoms with Crippen LogP contribution in [0.15, 0.2) is 66.0 Å². The van der Waals surface area contributed by atoms with Crippen LogP contribution in [-0.4, -0.2) is 11.9 Å². The molecule has 3 rings (SSSR count). The lowest BCUT2D eigenvalue weighted by Crippen LogP contribution is -2.37. The van der Waals surface area contributed by atoms with Crippen molar-refractivity contribution in [2.75, 3.05) is 0 Å². The summed E-state index contributed by atoms with van der Waals surface area (Å²) in [7, 11) is 0. The highest BCUT2D eigenvalue weighted by atomic mass is 35.5. The number of nitrogens with one attached hydrogen (secondary N) is 2. The zero-order chi connectivity index (χ0) is 20.8. The lowest BCUT2D eigenvalue weighted by atomic mass is 10.0. The zero-order valence-corrected chi connectivity index (χ0v) is 16.8. The highest BCUT2D eigenvalue weighted by molar-refractivity contribution is 7.10. The quantitative estimate of drug-likeness (QED) is 0.513. The third-order valence-corrected chi connectivity index (χ3v) is 5.60. The number of benzene rings is 2. The molecule has 3 amide bonds. The van der Waals surface area contributed by atoms with E-state index in [4.69, 9.17) is 17.3 Å². The maximum absolute atomic E-state index is 13.3. The number of hydrogen-bond donors (Lipinski definition) is 3. The van der Waals surface area contributed by atoms with E-state index in [9.17, 15) is 14.0 Å². The van der Waals surface area contributed by atoms with E-state index >= 15 is 0 Å². The maximum Gasteiger partial charge on any atom is 0.312 e. The summed E-state index contributed by atoms with van der Waals surface area (Å²) in [6.45, 7) is 0. The minimum absolute atomic E-state index is 0.0598. The fraction of sp³-hybridized carbons (Fsp3) is 0.143. The molecule has 0 saturated carbocycles. The van der Waals surface area contributed by atoms with Crippen molar-refractivity contribution in [1.29, 1.82) is 0 Å². The van der Waals surface area contributed by atoms with Crippen LogP contribution in [0.2, 0.25) is 5.02 Å². The van der Waals surface area contributed by atoms with Crippen molar-refractivity contribution in [2.24, 2.45) is 5.73 Å². The van der Waals surface area contributed by atoms with Gasteiger partial charge in [-0.25, -0.2) is 9.18 Å². The van der Waals surface area contributed by atoms with E-state index in [1.54, 1.807) is 36.4 Å². The van der Waals surface area contributed by atoms with Crippen molar-refractivity contribution in [3.05, 3.63) is 92.9 Å². The largest absolute Gasteiger partial charge is 0.352 e. The minimum atomic E-state index is -0.754. The Kier molecular flexibility index (Phi) is 6.85. The van der Waals surface area contributed by atoms with E-state index < -0.39 is 18.1 Å². The number of nitrogens with two attached hydrogens (primary N) is 1. The average Bonchev–Trinajstić information content (AvgIpc) is 3.21. The topological polar surface area (TPSA) is 84.2 Å². The molecule has 150 valence electrons. The monoisotopic (exact) mass is 431 g/mol. The Balaban J connectivity index is 1.82. The Hall–Kier alpha value is -2.90. The molecule has 0 unspecified atom stereocenters. The molecular weight excluding hydrogens is 413 g/mol. The number of hydrogen-bond acceptors (Lipinski definition) is 3. The van der Waals surface area contributed by atoms with Gasteiger partial charge in [-0.2, -0.15) is 0 Å². The Morgan fingerprint density at radius 3 is 2.38 bits per heavy atom. The summed E-state index contributed by atoms with van der Waals surface area (Å²) < 4.78 is 13.3. The first kappa shape index (κ1) is 20.8. The van der Waals surface area contributed by atoms with Gasteiger partial charge in [-0.15, -0.1) is 11.3 Å². The predicted octanol–water partition coefficient (Wildman–Crippen LogP) is 4.55. The molecule has 1 heterocycles. The van der Waals surface area contributed by atoms with Gasteiger partial charge in [-0.1, -0.05) is 48.0 Å².